The van der Waals surface area contributed by atoms with Crippen molar-refractivity contribution >= 4 is 23.4 Å². The van der Waals surface area contributed by atoms with Crippen molar-refractivity contribution in [2.75, 3.05) is 17.7 Å². The molecule has 88 valence electrons. The number of aryl methyl sites for hydroxylation is 1. The number of rotatable bonds is 4. The number of carbonyl (C=O) groups excluding carboxylic acids is 1. The van der Waals surface area contributed by atoms with E-state index < -0.39 is 0 Å². The van der Waals surface area contributed by atoms with E-state index in [9.17, 15) is 4.79 Å². The second kappa shape index (κ2) is 5.80. The molecule has 0 saturated heterocycles. The van der Waals surface area contributed by atoms with E-state index in [1.807, 2.05) is 26.2 Å². The van der Waals surface area contributed by atoms with Gasteiger partial charge in [0.15, 0.2) is 0 Å². The Morgan fingerprint density at radius 2 is 2.25 bits per heavy atom. The first-order valence-electron chi connectivity index (χ1n) is 5.20. The molecule has 0 heterocycles. The molecule has 1 amide bonds. The van der Waals surface area contributed by atoms with Crippen LogP contribution in [0.3, 0.4) is 0 Å². The fraction of sp³-hybridized carbons (Fsp3) is 0.417. The lowest BCUT2D eigenvalue weighted by Crippen LogP contribution is -2.34. The van der Waals surface area contributed by atoms with E-state index in [1.165, 1.54) is 0 Å². The second-order valence-corrected chi connectivity index (χ2v) is 4.81. The minimum absolute atomic E-state index is 0.0374. The first-order valence-corrected chi connectivity index (χ1v) is 6.60. The average molecular weight is 238 g/mol. The van der Waals surface area contributed by atoms with E-state index in [-0.39, 0.29) is 11.9 Å². The van der Waals surface area contributed by atoms with Gasteiger partial charge in [0.2, 0.25) is 0 Å². The van der Waals surface area contributed by atoms with Crippen LogP contribution in [0.5, 0.6) is 0 Å². The van der Waals surface area contributed by atoms with Crippen LogP contribution in [0.4, 0.5) is 5.69 Å². The molecule has 0 aliphatic heterocycles. The molecule has 0 aliphatic carbocycles. The van der Waals surface area contributed by atoms with Crippen molar-refractivity contribution in [2.45, 2.75) is 19.9 Å². The maximum atomic E-state index is 11.8. The molecule has 1 unspecified atom stereocenters. The third kappa shape index (κ3) is 3.45. The fourth-order valence-electron chi connectivity index (χ4n) is 1.42. The summed E-state index contributed by atoms with van der Waals surface area (Å²) in [6.45, 7) is 3.90. The summed E-state index contributed by atoms with van der Waals surface area (Å²) in [5.41, 5.74) is 8.02. The van der Waals surface area contributed by atoms with Crippen LogP contribution >= 0.6 is 11.8 Å². The Balaban J connectivity index is 2.69. The van der Waals surface area contributed by atoms with Crippen LogP contribution in [0.15, 0.2) is 18.2 Å². The SMILES string of the molecule is CSCC(C)NC(=O)c1ccc(N)c(C)c1. The van der Waals surface area contributed by atoms with Gasteiger partial charge < -0.3 is 11.1 Å². The number of thioether (sulfide) groups is 1. The smallest absolute Gasteiger partial charge is 0.251 e. The number of benzene rings is 1. The molecule has 0 fully saturated rings. The average Bonchev–Trinajstić information content (AvgIpc) is 2.22. The van der Waals surface area contributed by atoms with Crippen molar-refractivity contribution in [3.63, 3.8) is 0 Å². The van der Waals surface area contributed by atoms with Crippen LogP contribution < -0.4 is 11.1 Å². The van der Waals surface area contributed by atoms with E-state index in [0.29, 0.717) is 11.3 Å². The Bertz CT molecular complexity index is 379. The maximum Gasteiger partial charge on any atom is 0.251 e. The molecule has 0 aliphatic rings. The van der Waals surface area contributed by atoms with Gasteiger partial charge in [0.1, 0.15) is 0 Å². The summed E-state index contributed by atoms with van der Waals surface area (Å²) in [5.74, 6) is 0.879. The molecule has 3 N–H and O–H groups in total. The van der Waals surface area contributed by atoms with E-state index in [1.54, 1.807) is 23.9 Å². The van der Waals surface area contributed by atoms with Crippen LogP contribution in [0.1, 0.15) is 22.8 Å². The monoisotopic (exact) mass is 238 g/mol. The molecule has 0 saturated carbocycles. The normalized spacial score (nSPS) is 12.2. The second-order valence-electron chi connectivity index (χ2n) is 3.90. The number of nitrogens with one attached hydrogen (secondary N) is 1. The molecule has 0 bridgehead atoms. The summed E-state index contributed by atoms with van der Waals surface area (Å²) in [4.78, 5) is 11.8. The Kier molecular flexibility index (Phi) is 4.68. The molecule has 0 aromatic heterocycles. The van der Waals surface area contributed by atoms with E-state index >= 15 is 0 Å². The number of nitrogen functional groups attached to an aromatic ring is 1. The predicted octanol–water partition coefficient (Wildman–Crippen LogP) is 2.06. The zero-order valence-corrected chi connectivity index (χ0v) is 10.7. The minimum Gasteiger partial charge on any atom is -0.399 e. The van der Waals surface area contributed by atoms with Gasteiger partial charge in [-0.05, 0) is 43.9 Å². The summed E-state index contributed by atoms with van der Waals surface area (Å²) in [5, 5.41) is 2.94. The third-order valence-corrected chi connectivity index (χ3v) is 3.16. The van der Waals surface area contributed by atoms with Gasteiger partial charge in [-0.1, -0.05) is 0 Å². The zero-order valence-electron chi connectivity index (χ0n) is 9.91. The molecule has 1 rings (SSSR count). The highest BCUT2D eigenvalue weighted by molar-refractivity contribution is 7.98. The summed E-state index contributed by atoms with van der Waals surface area (Å²) in [7, 11) is 0. The van der Waals surface area contributed by atoms with Crippen molar-refractivity contribution < 1.29 is 4.79 Å². The first-order chi connectivity index (χ1) is 7.54. The summed E-state index contributed by atoms with van der Waals surface area (Å²) in [6.07, 6.45) is 2.02. The van der Waals surface area contributed by atoms with Gasteiger partial charge in [-0.2, -0.15) is 11.8 Å². The molecule has 16 heavy (non-hydrogen) atoms. The molecule has 3 nitrogen and oxygen atoms in total. The Morgan fingerprint density at radius 3 is 2.81 bits per heavy atom. The molecule has 1 aromatic carbocycles. The number of hydrogen-bond donors (Lipinski definition) is 2. The molecule has 4 heteroatoms. The Hall–Kier alpha value is -1.16. The third-order valence-electron chi connectivity index (χ3n) is 2.33. The summed E-state index contributed by atoms with van der Waals surface area (Å²) >= 11 is 1.72. The maximum absolute atomic E-state index is 11.8. The number of nitrogens with two attached hydrogens (primary N) is 1. The van der Waals surface area contributed by atoms with Gasteiger partial charge in [-0.25, -0.2) is 0 Å². The van der Waals surface area contributed by atoms with Crippen LogP contribution in [0.2, 0.25) is 0 Å². The molecule has 0 radical (unpaired) electrons. The largest absolute Gasteiger partial charge is 0.399 e. The Morgan fingerprint density at radius 1 is 1.56 bits per heavy atom. The van der Waals surface area contributed by atoms with Gasteiger partial charge in [-0.15, -0.1) is 0 Å². The van der Waals surface area contributed by atoms with E-state index in [4.69, 9.17) is 5.73 Å². The standard InChI is InChI=1S/C12H18N2OS/c1-8-6-10(4-5-11(8)13)12(15)14-9(2)7-16-3/h4-6,9H,7,13H2,1-3H3,(H,14,15). The number of hydrogen-bond acceptors (Lipinski definition) is 3. The highest BCUT2D eigenvalue weighted by atomic mass is 32.2. The van der Waals surface area contributed by atoms with Crippen LogP contribution in [-0.2, 0) is 0 Å². The van der Waals surface area contributed by atoms with Crippen LogP contribution in [0, 0.1) is 6.92 Å². The fourth-order valence-corrected chi connectivity index (χ4v) is 2.00. The Labute approximate surface area is 101 Å². The van der Waals surface area contributed by atoms with Crippen molar-refractivity contribution in [2.24, 2.45) is 0 Å². The summed E-state index contributed by atoms with van der Waals surface area (Å²) < 4.78 is 0. The zero-order chi connectivity index (χ0) is 12.1. The number of amides is 1. The summed E-state index contributed by atoms with van der Waals surface area (Å²) in [6, 6.07) is 5.52. The minimum atomic E-state index is -0.0374. The highest BCUT2D eigenvalue weighted by Crippen LogP contribution is 2.12. The lowest BCUT2D eigenvalue weighted by molar-refractivity contribution is 0.0943. The molecule has 1 atom stereocenters. The quantitative estimate of drug-likeness (QED) is 0.789. The van der Waals surface area contributed by atoms with Crippen molar-refractivity contribution in [1.82, 2.24) is 5.32 Å². The lowest BCUT2D eigenvalue weighted by Gasteiger charge is -2.13. The topological polar surface area (TPSA) is 55.1 Å². The first kappa shape index (κ1) is 12.9. The molecule has 0 spiro atoms. The van der Waals surface area contributed by atoms with Gasteiger partial charge in [0.05, 0.1) is 0 Å². The highest BCUT2D eigenvalue weighted by Gasteiger charge is 2.09. The van der Waals surface area contributed by atoms with E-state index in [2.05, 4.69) is 5.32 Å². The number of carbonyl (C=O) groups is 1. The van der Waals surface area contributed by atoms with Crippen LogP contribution in [0.25, 0.3) is 0 Å². The lowest BCUT2D eigenvalue weighted by atomic mass is 10.1. The van der Waals surface area contributed by atoms with E-state index in [0.717, 1.165) is 11.3 Å². The molecule has 1 aromatic rings. The number of anilines is 1. The molecular formula is C12H18N2OS. The van der Waals surface area contributed by atoms with Crippen molar-refractivity contribution in [1.29, 1.82) is 0 Å². The molecular weight excluding hydrogens is 220 g/mol. The van der Waals surface area contributed by atoms with Gasteiger partial charge in [-0.3, -0.25) is 4.79 Å². The van der Waals surface area contributed by atoms with Gasteiger partial charge in [0, 0.05) is 23.0 Å². The van der Waals surface area contributed by atoms with Crippen molar-refractivity contribution in [3.05, 3.63) is 29.3 Å². The van der Waals surface area contributed by atoms with Gasteiger partial charge >= 0.3 is 0 Å². The predicted molar refractivity (Wildman–Crippen MR) is 70.9 cm³/mol. The van der Waals surface area contributed by atoms with Crippen molar-refractivity contribution in [3.8, 4) is 0 Å². The van der Waals surface area contributed by atoms with Crippen LogP contribution in [-0.4, -0.2) is 24.0 Å². The van der Waals surface area contributed by atoms with Gasteiger partial charge in [0.25, 0.3) is 5.91 Å².